The van der Waals surface area contributed by atoms with Crippen LogP contribution >= 0.6 is 12.2 Å². The van der Waals surface area contributed by atoms with Crippen molar-refractivity contribution in [3.8, 4) is 0 Å². The molecule has 0 aliphatic carbocycles. The van der Waals surface area contributed by atoms with Gasteiger partial charge in [0.1, 0.15) is 0 Å². The minimum Gasteiger partial charge on any atom is -0.390 e. The van der Waals surface area contributed by atoms with Crippen LogP contribution in [0.15, 0.2) is 60.7 Å². The lowest BCUT2D eigenvalue weighted by molar-refractivity contribution is -0.127. The molecule has 1 unspecified atom stereocenters. The molecule has 0 aliphatic rings. The van der Waals surface area contributed by atoms with Crippen molar-refractivity contribution in [1.29, 1.82) is 0 Å². The lowest BCUT2D eigenvalue weighted by Crippen LogP contribution is -2.47. The Hall–Kier alpha value is -2.44. The number of aliphatic hydroxyl groups is 1. The fourth-order valence-electron chi connectivity index (χ4n) is 2.66. The second kappa shape index (κ2) is 9.31. The van der Waals surface area contributed by atoms with E-state index in [0.29, 0.717) is 18.0 Å². The number of hydrogen-bond donors (Lipinski definition) is 4. The van der Waals surface area contributed by atoms with Crippen LogP contribution in [-0.2, 0) is 11.2 Å². The summed E-state index contributed by atoms with van der Waals surface area (Å²) in [7, 11) is 0. The first-order valence-electron chi connectivity index (χ1n) is 8.52. The monoisotopic (exact) mass is 371 g/mol. The smallest absolute Gasteiger partial charge is 0.241 e. The van der Waals surface area contributed by atoms with Gasteiger partial charge in [-0.25, -0.2) is 0 Å². The molecular weight excluding hydrogens is 346 g/mol. The molecule has 0 bridgehead atoms. The highest BCUT2D eigenvalue weighted by Gasteiger charge is 2.26. The van der Waals surface area contributed by atoms with Crippen molar-refractivity contribution in [2.75, 3.05) is 5.32 Å². The van der Waals surface area contributed by atoms with Crippen LogP contribution in [-0.4, -0.2) is 21.7 Å². The Bertz CT molecular complexity index is 715. The van der Waals surface area contributed by atoms with Crippen molar-refractivity contribution < 1.29 is 9.90 Å². The van der Waals surface area contributed by atoms with E-state index in [-0.39, 0.29) is 11.8 Å². The molecule has 4 N–H and O–H groups in total. The Morgan fingerprint density at radius 3 is 2.19 bits per heavy atom. The number of carbonyl (C=O) groups is 1. The molecule has 0 aromatic heterocycles. The summed E-state index contributed by atoms with van der Waals surface area (Å²) >= 11 is 5.19. The zero-order chi connectivity index (χ0) is 19.0. The topological polar surface area (TPSA) is 73.4 Å². The lowest BCUT2D eigenvalue weighted by atomic mass is 9.88. The van der Waals surface area contributed by atoms with E-state index in [0.717, 1.165) is 11.3 Å². The van der Waals surface area contributed by atoms with Gasteiger partial charge in [-0.15, -0.1) is 0 Å². The Morgan fingerprint density at radius 2 is 1.62 bits per heavy atom. The maximum atomic E-state index is 12.6. The van der Waals surface area contributed by atoms with E-state index in [4.69, 9.17) is 12.2 Å². The van der Waals surface area contributed by atoms with Crippen molar-refractivity contribution in [3.05, 3.63) is 66.2 Å². The van der Waals surface area contributed by atoms with Crippen molar-refractivity contribution in [2.45, 2.75) is 32.3 Å². The summed E-state index contributed by atoms with van der Waals surface area (Å²) in [5.74, 6) is -0.599. The van der Waals surface area contributed by atoms with Crippen LogP contribution in [0, 0.1) is 5.92 Å². The van der Waals surface area contributed by atoms with Crippen LogP contribution < -0.4 is 16.2 Å². The molecule has 2 aromatic rings. The predicted octanol–water partition coefficient (Wildman–Crippen LogP) is 3.02. The van der Waals surface area contributed by atoms with Crippen molar-refractivity contribution >= 4 is 28.9 Å². The molecule has 6 heteroatoms. The van der Waals surface area contributed by atoms with Crippen LogP contribution in [0.5, 0.6) is 0 Å². The number of hydrazine groups is 1. The molecule has 0 fully saturated rings. The molecule has 0 saturated heterocycles. The number of anilines is 1. The quantitative estimate of drug-likeness (QED) is 0.464. The SMILES string of the molecule is CC(C)(O)CC(Cc1ccccc1)C(=O)NNC(=S)Nc1ccccc1. The van der Waals surface area contributed by atoms with Crippen molar-refractivity contribution in [3.63, 3.8) is 0 Å². The molecule has 138 valence electrons. The fourth-order valence-corrected chi connectivity index (χ4v) is 2.83. The summed E-state index contributed by atoms with van der Waals surface area (Å²) in [4.78, 5) is 12.6. The van der Waals surface area contributed by atoms with E-state index in [1.165, 1.54) is 0 Å². The maximum Gasteiger partial charge on any atom is 0.241 e. The van der Waals surface area contributed by atoms with Crippen molar-refractivity contribution in [2.24, 2.45) is 5.92 Å². The molecule has 0 aliphatic heterocycles. The minimum absolute atomic E-state index is 0.215. The average Bonchev–Trinajstić information content (AvgIpc) is 2.60. The number of amides is 1. The zero-order valence-corrected chi connectivity index (χ0v) is 15.8. The van der Waals surface area contributed by atoms with Crippen molar-refractivity contribution in [1.82, 2.24) is 10.9 Å². The summed E-state index contributed by atoms with van der Waals surface area (Å²) < 4.78 is 0. The van der Waals surface area contributed by atoms with Crippen LogP contribution in [0.4, 0.5) is 5.69 Å². The Morgan fingerprint density at radius 1 is 1.04 bits per heavy atom. The molecule has 0 spiro atoms. The van der Waals surface area contributed by atoms with Gasteiger partial charge in [0, 0.05) is 11.6 Å². The zero-order valence-electron chi connectivity index (χ0n) is 15.0. The third kappa shape index (κ3) is 7.21. The first-order valence-corrected chi connectivity index (χ1v) is 8.92. The summed E-state index contributed by atoms with van der Waals surface area (Å²) in [6.45, 7) is 3.40. The van der Waals surface area contributed by atoms with Gasteiger partial charge in [0.05, 0.1) is 5.60 Å². The van der Waals surface area contributed by atoms with Gasteiger partial charge in [-0.1, -0.05) is 48.5 Å². The number of hydrogen-bond acceptors (Lipinski definition) is 3. The minimum atomic E-state index is -0.945. The molecule has 1 atom stereocenters. The van der Waals surface area contributed by atoms with Gasteiger partial charge in [-0.05, 0) is 56.6 Å². The van der Waals surface area contributed by atoms with Gasteiger partial charge in [-0.3, -0.25) is 15.6 Å². The molecule has 2 aromatic carbocycles. The maximum absolute atomic E-state index is 12.6. The number of rotatable bonds is 6. The van der Waals surface area contributed by atoms with Gasteiger partial charge in [0.25, 0.3) is 0 Å². The average molecular weight is 372 g/mol. The van der Waals surface area contributed by atoms with Crippen LogP contribution in [0.25, 0.3) is 0 Å². The highest BCUT2D eigenvalue weighted by molar-refractivity contribution is 7.80. The van der Waals surface area contributed by atoms with Gasteiger partial charge in [-0.2, -0.15) is 0 Å². The Kier molecular flexibility index (Phi) is 7.12. The van der Waals surface area contributed by atoms with E-state index in [9.17, 15) is 9.90 Å². The van der Waals surface area contributed by atoms with Gasteiger partial charge < -0.3 is 10.4 Å². The first kappa shape index (κ1) is 19.9. The molecule has 0 saturated carbocycles. The second-order valence-electron chi connectivity index (χ2n) is 6.84. The largest absolute Gasteiger partial charge is 0.390 e. The molecule has 26 heavy (non-hydrogen) atoms. The molecule has 1 amide bonds. The van der Waals surface area contributed by atoms with Gasteiger partial charge in [0.15, 0.2) is 5.11 Å². The first-order chi connectivity index (χ1) is 12.3. The van der Waals surface area contributed by atoms with Gasteiger partial charge in [0.2, 0.25) is 5.91 Å². The molecule has 5 nitrogen and oxygen atoms in total. The van der Waals surface area contributed by atoms with E-state index in [1.807, 2.05) is 60.7 Å². The number of para-hydroxylation sites is 1. The standard InChI is InChI=1S/C20H25N3O2S/c1-20(2,25)14-16(13-15-9-5-3-6-10-15)18(24)22-23-19(26)21-17-11-7-4-8-12-17/h3-12,16,25H,13-14H2,1-2H3,(H,22,24)(H2,21,23,26). The third-order valence-corrected chi connectivity index (χ3v) is 3.98. The molecule has 2 rings (SSSR count). The third-order valence-electron chi connectivity index (χ3n) is 3.77. The highest BCUT2D eigenvalue weighted by Crippen LogP contribution is 2.20. The number of benzene rings is 2. The van der Waals surface area contributed by atoms with Gasteiger partial charge >= 0.3 is 0 Å². The normalized spacial score (nSPS) is 12.1. The number of nitrogens with one attached hydrogen (secondary N) is 3. The van der Waals surface area contributed by atoms with Crippen LogP contribution in [0.3, 0.4) is 0 Å². The van der Waals surface area contributed by atoms with E-state index >= 15 is 0 Å². The highest BCUT2D eigenvalue weighted by atomic mass is 32.1. The van der Waals surface area contributed by atoms with E-state index in [2.05, 4.69) is 16.2 Å². The summed E-state index contributed by atoms with van der Waals surface area (Å²) in [6.07, 6.45) is 0.880. The van der Waals surface area contributed by atoms with E-state index in [1.54, 1.807) is 13.8 Å². The summed E-state index contributed by atoms with van der Waals surface area (Å²) in [6, 6.07) is 19.2. The summed E-state index contributed by atoms with van der Waals surface area (Å²) in [5.41, 5.74) is 6.29. The molecular formula is C20H25N3O2S. The Balaban J connectivity index is 1.93. The number of carbonyl (C=O) groups excluding carboxylic acids is 1. The van der Waals surface area contributed by atoms with Crippen LogP contribution in [0.1, 0.15) is 25.8 Å². The Labute approximate surface area is 159 Å². The summed E-state index contributed by atoms with van der Waals surface area (Å²) in [5, 5.41) is 13.4. The number of thiocarbonyl (C=S) groups is 1. The lowest BCUT2D eigenvalue weighted by Gasteiger charge is -2.25. The van der Waals surface area contributed by atoms with Crippen LogP contribution in [0.2, 0.25) is 0 Å². The predicted molar refractivity (Wildman–Crippen MR) is 108 cm³/mol. The molecule has 0 radical (unpaired) electrons. The van der Waals surface area contributed by atoms with E-state index < -0.39 is 5.60 Å². The molecule has 0 heterocycles. The second-order valence-corrected chi connectivity index (χ2v) is 7.25. The fraction of sp³-hybridized carbons (Fsp3) is 0.300.